The van der Waals surface area contributed by atoms with E-state index in [1.54, 1.807) is 0 Å². The van der Waals surface area contributed by atoms with E-state index in [9.17, 15) is 9.59 Å². The van der Waals surface area contributed by atoms with Crippen LogP contribution in [0.15, 0.2) is 6.20 Å². The molecule has 1 unspecified atom stereocenters. The second kappa shape index (κ2) is 6.28. The summed E-state index contributed by atoms with van der Waals surface area (Å²) in [5, 5.41) is 18.6. The minimum absolute atomic E-state index is 0.123. The van der Waals surface area contributed by atoms with Crippen LogP contribution in [0.4, 0.5) is 0 Å². The monoisotopic (exact) mass is 268 g/mol. The fourth-order valence-electron chi connectivity index (χ4n) is 1.91. The molecule has 1 saturated heterocycles. The van der Waals surface area contributed by atoms with Crippen molar-refractivity contribution in [3.63, 3.8) is 0 Å². The zero-order chi connectivity index (χ0) is 13.7. The van der Waals surface area contributed by atoms with Crippen molar-refractivity contribution < 1.29 is 19.4 Å². The number of aliphatic carboxylic acids is 1. The topological polar surface area (TPSA) is 106 Å². The number of nitrogens with zero attached hydrogens (tertiary/aromatic N) is 3. The second-order valence-electron chi connectivity index (χ2n) is 4.49. The van der Waals surface area contributed by atoms with Crippen LogP contribution in [0.25, 0.3) is 0 Å². The number of carbonyl (C=O) groups excluding carboxylic acids is 1. The van der Waals surface area contributed by atoms with Gasteiger partial charge in [-0.25, -0.2) is 4.68 Å². The van der Waals surface area contributed by atoms with Crippen LogP contribution in [-0.4, -0.2) is 51.7 Å². The summed E-state index contributed by atoms with van der Waals surface area (Å²) >= 11 is 0. The van der Waals surface area contributed by atoms with Crippen LogP contribution in [0.2, 0.25) is 0 Å². The zero-order valence-electron chi connectivity index (χ0n) is 10.4. The Hall–Kier alpha value is -1.96. The van der Waals surface area contributed by atoms with Crippen LogP contribution in [0.3, 0.4) is 0 Å². The number of amides is 1. The molecule has 0 spiro atoms. The highest BCUT2D eigenvalue weighted by Crippen LogP contribution is 2.12. The molecule has 1 fully saturated rings. The molecule has 2 rings (SSSR count). The van der Waals surface area contributed by atoms with Gasteiger partial charge in [-0.2, -0.15) is 0 Å². The molecular weight excluding hydrogens is 252 g/mol. The third-order valence-electron chi connectivity index (χ3n) is 2.87. The highest BCUT2D eigenvalue weighted by molar-refractivity contribution is 5.91. The van der Waals surface area contributed by atoms with Crippen molar-refractivity contribution in [2.75, 3.05) is 19.8 Å². The number of ether oxygens (including phenoxy) is 1. The molecule has 2 heterocycles. The van der Waals surface area contributed by atoms with Gasteiger partial charge in [0.05, 0.1) is 12.8 Å². The molecule has 1 aromatic heterocycles. The summed E-state index contributed by atoms with van der Waals surface area (Å²) in [5.41, 5.74) is 0.123. The Bertz CT molecular complexity index is 453. The molecule has 1 aromatic rings. The molecule has 1 aliphatic rings. The number of hydrogen-bond donors (Lipinski definition) is 2. The number of carboxylic acid groups (broad SMARTS) is 1. The van der Waals surface area contributed by atoms with E-state index in [0.29, 0.717) is 19.1 Å². The Morgan fingerprint density at radius 2 is 2.42 bits per heavy atom. The lowest BCUT2D eigenvalue weighted by Gasteiger charge is -2.21. The minimum atomic E-state index is -1.03. The van der Waals surface area contributed by atoms with Gasteiger partial charge in [-0.1, -0.05) is 5.21 Å². The van der Waals surface area contributed by atoms with Gasteiger partial charge in [-0.3, -0.25) is 9.59 Å². The van der Waals surface area contributed by atoms with Gasteiger partial charge < -0.3 is 15.2 Å². The summed E-state index contributed by atoms with van der Waals surface area (Å²) in [6.45, 7) is 1.67. The number of hydrogen-bond acceptors (Lipinski definition) is 5. The summed E-state index contributed by atoms with van der Waals surface area (Å²) in [7, 11) is 0. The van der Waals surface area contributed by atoms with E-state index in [1.165, 1.54) is 6.20 Å². The molecule has 0 aliphatic carbocycles. The van der Waals surface area contributed by atoms with Crippen molar-refractivity contribution in [2.24, 2.45) is 5.92 Å². The third kappa shape index (κ3) is 4.02. The van der Waals surface area contributed by atoms with Gasteiger partial charge in [0.1, 0.15) is 6.54 Å². The van der Waals surface area contributed by atoms with E-state index in [-0.39, 0.29) is 18.1 Å². The molecule has 0 bridgehead atoms. The van der Waals surface area contributed by atoms with Gasteiger partial charge in [-0.15, -0.1) is 5.10 Å². The Labute approximate surface area is 109 Å². The van der Waals surface area contributed by atoms with Gasteiger partial charge in [0, 0.05) is 13.2 Å². The lowest BCUT2D eigenvalue weighted by molar-refractivity contribution is -0.137. The first kappa shape index (κ1) is 13.5. The van der Waals surface area contributed by atoms with Crippen LogP contribution in [0, 0.1) is 5.92 Å². The summed E-state index contributed by atoms with van der Waals surface area (Å²) in [4.78, 5) is 22.2. The van der Waals surface area contributed by atoms with Crippen molar-refractivity contribution in [2.45, 2.75) is 19.4 Å². The molecular formula is C11H16N4O4. The zero-order valence-corrected chi connectivity index (χ0v) is 10.4. The summed E-state index contributed by atoms with van der Waals surface area (Å²) in [6, 6.07) is 0. The predicted molar refractivity (Wildman–Crippen MR) is 63.5 cm³/mol. The van der Waals surface area contributed by atoms with E-state index in [0.717, 1.165) is 24.1 Å². The average molecular weight is 268 g/mol. The van der Waals surface area contributed by atoms with Crippen LogP contribution in [0.5, 0.6) is 0 Å². The number of rotatable bonds is 5. The van der Waals surface area contributed by atoms with Crippen LogP contribution in [-0.2, 0) is 16.1 Å². The SMILES string of the molecule is O=C(O)Cn1cc(C(=O)NCC2CCCOC2)nn1. The van der Waals surface area contributed by atoms with Crippen molar-refractivity contribution >= 4 is 11.9 Å². The Kier molecular flexibility index (Phi) is 4.45. The van der Waals surface area contributed by atoms with E-state index < -0.39 is 5.97 Å². The van der Waals surface area contributed by atoms with Gasteiger partial charge >= 0.3 is 5.97 Å². The largest absolute Gasteiger partial charge is 0.480 e. The van der Waals surface area contributed by atoms with E-state index in [2.05, 4.69) is 15.6 Å². The normalized spacial score (nSPS) is 19.1. The quantitative estimate of drug-likeness (QED) is 0.747. The fraction of sp³-hybridized carbons (Fsp3) is 0.636. The molecule has 19 heavy (non-hydrogen) atoms. The van der Waals surface area contributed by atoms with Crippen LogP contribution < -0.4 is 5.32 Å². The van der Waals surface area contributed by atoms with Crippen LogP contribution in [0.1, 0.15) is 23.3 Å². The number of aromatic nitrogens is 3. The molecule has 0 saturated carbocycles. The lowest BCUT2D eigenvalue weighted by atomic mass is 10.0. The van der Waals surface area contributed by atoms with E-state index in [1.807, 2.05) is 0 Å². The minimum Gasteiger partial charge on any atom is -0.480 e. The molecule has 1 aliphatic heterocycles. The Morgan fingerprint density at radius 3 is 3.11 bits per heavy atom. The molecule has 0 radical (unpaired) electrons. The maximum absolute atomic E-state index is 11.8. The van der Waals surface area contributed by atoms with Crippen molar-refractivity contribution in [1.29, 1.82) is 0 Å². The standard InChI is InChI=1S/C11H16N4O4/c16-10(17)6-15-5-9(13-14-15)11(18)12-4-8-2-1-3-19-7-8/h5,8H,1-4,6-7H2,(H,12,18)(H,16,17). The molecule has 104 valence electrons. The summed E-state index contributed by atoms with van der Waals surface area (Å²) in [5.74, 6) is -1.05. The van der Waals surface area contributed by atoms with Crippen molar-refractivity contribution in [1.82, 2.24) is 20.3 Å². The smallest absolute Gasteiger partial charge is 0.325 e. The lowest BCUT2D eigenvalue weighted by Crippen LogP contribution is -2.33. The van der Waals surface area contributed by atoms with Gasteiger partial charge in [0.15, 0.2) is 5.69 Å². The predicted octanol–water partition coefficient (Wildman–Crippen LogP) is -0.481. The number of carbonyl (C=O) groups is 2. The first-order valence-electron chi connectivity index (χ1n) is 6.13. The highest BCUT2D eigenvalue weighted by atomic mass is 16.5. The van der Waals surface area contributed by atoms with E-state index >= 15 is 0 Å². The molecule has 1 atom stereocenters. The van der Waals surface area contributed by atoms with Crippen LogP contribution >= 0.6 is 0 Å². The second-order valence-corrected chi connectivity index (χ2v) is 4.49. The fourth-order valence-corrected chi connectivity index (χ4v) is 1.91. The molecule has 0 aromatic carbocycles. The Balaban J connectivity index is 1.81. The number of carboxylic acids is 1. The van der Waals surface area contributed by atoms with Crippen molar-refractivity contribution in [3.8, 4) is 0 Å². The molecule has 8 nitrogen and oxygen atoms in total. The first-order valence-corrected chi connectivity index (χ1v) is 6.13. The Morgan fingerprint density at radius 1 is 1.58 bits per heavy atom. The highest BCUT2D eigenvalue weighted by Gasteiger charge is 2.17. The van der Waals surface area contributed by atoms with Gasteiger partial charge in [-0.05, 0) is 18.8 Å². The summed E-state index contributed by atoms with van der Waals surface area (Å²) < 4.78 is 6.43. The maximum atomic E-state index is 11.8. The average Bonchev–Trinajstić information content (AvgIpc) is 2.85. The number of nitrogens with one attached hydrogen (secondary N) is 1. The first-order chi connectivity index (χ1) is 9.15. The van der Waals surface area contributed by atoms with E-state index in [4.69, 9.17) is 9.84 Å². The molecule has 8 heteroatoms. The third-order valence-corrected chi connectivity index (χ3v) is 2.87. The van der Waals surface area contributed by atoms with Gasteiger partial charge in [0.2, 0.25) is 0 Å². The maximum Gasteiger partial charge on any atom is 0.325 e. The van der Waals surface area contributed by atoms with Gasteiger partial charge in [0.25, 0.3) is 5.91 Å². The molecule has 1 amide bonds. The molecule has 2 N–H and O–H groups in total. The summed E-state index contributed by atoms with van der Waals surface area (Å²) in [6.07, 6.45) is 3.36. The van der Waals surface area contributed by atoms with Crippen molar-refractivity contribution in [3.05, 3.63) is 11.9 Å².